The summed E-state index contributed by atoms with van der Waals surface area (Å²) in [6.45, 7) is 11.0. The fourth-order valence-corrected chi connectivity index (χ4v) is 0.825. The Kier molecular flexibility index (Phi) is 6.12. The van der Waals surface area contributed by atoms with Crippen LogP contribution in [0, 0.1) is 0 Å². The molecular formula is C13H16N2O4. The van der Waals surface area contributed by atoms with E-state index in [4.69, 9.17) is 0 Å². The molecule has 0 saturated heterocycles. The van der Waals surface area contributed by atoms with Crippen LogP contribution in [0.15, 0.2) is 36.0 Å². The van der Waals surface area contributed by atoms with Crippen molar-refractivity contribution >= 4 is 23.6 Å². The number of amides is 4. The molecule has 0 aromatic carbocycles. The van der Waals surface area contributed by atoms with Crippen LogP contribution < -0.4 is 10.6 Å². The normalized spacial score (nSPS) is 10.4. The summed E-state index contributed by atoms with van der Waals surface area (Å²) in [5.41, 5.74) is 0.325. The second kappa shape index (κ2) is 7.05. The summed E-state index contributed by atoms with van der Waals surface area (Å²) in [5.74, 6) is -2.75. The highest BCUT2D eigenvalue weighted by molar-refractivity contribution is 6.13. The molecule has 6 heteroatoms. The quantitative estimate of drug-likeness (QED) is 0.717. The Balaban J connectivity index is 4.64. The second-order valence-corrected chi connectivity index (χ2v) is 3.99. The predicted molar refractivity (Wildman–Crippen MR) is 69.7 cm³/mol. The van der Waals surface area contributed by atoms with Gasteiger partial charge in [0.25, 0.3) is 23.6 Å². The number of carbonyl (C=O) groups is 4. The van der Waals surface area contributed by atoms with Gasteiger partial charge in [-0.15, -0.1) is 0 Å². The molecule has 0 bridgehead atoms. The molecule has 102 valence electrons. The van der Waals surface area contributed by atoms with Crippen molar-refractivity contribution in [3.05, 3.63) is 36.0 Å². The number of nitrogens with one attached hydrogen (secondary N) is 2. The van der Waals surface area contributed by atoms with Gasteiger partial charge in [0.1, 0.15) is 0 Å². The molecule has 0 radical (unpaired) electrons. The monoisotopic (exact) mass is 264 g/mol. The van der Waals surface area contributed by atoms with Crippen LogP contribution in [-0.4, -0.2) is 23.6 Å². The lowest BCUT2D eigenvalue weighted by atomic mass is 10.2. The van der Waals surface area contributed by atoms with E-state index in [1.165, 1.54) is 20.8 Å². The molecule has 0 saturated carbocycles. The van der Waals surface area contributed by atoms with Crippen molar-refractivity contribution < 1.29 is 19.2 Å². The van der Waals surface area contributed by atoms with Crippen LogP contribution in [0.5, 0.6) is 0 Å². The van der Waals surface area contributed by atoms with Crippen molar-refractivity contribution in [2.24, 2.45) is 0 Å². The molecule has 2 N–H and O–H groups in total. The number of carbonyl (C=O) groups excluding carboxylic acids is 4. The predicted octanol–water partition coefficient (Wildman–Crippen LogP) is 0.370. The van der Waals surface area contributed by atoms with E-state index in [2.05, 4.69) is 13.2 Å². The summed E-state index contributed by atoms with van der Waals surface area (Å²) < 4.78 is 0. The fraction of sp³-hybridized carbons (Fsp3) is 0.231. The SMILES string of the molecule is C=C(C)C(=O)NC(=O)C=C(C)C(=O)NC(=O)C(=C)C. The zero-order valence-electron chi connectivity index (χ0n) is 11.1. The van der Waals surface area contributed by atoms with E-state index in [0.717, 1.165) is 6.08 Å². The highest BCUT2D eigenvalue weighted by Crippen LogP contribution is 1.95. The third kappa shape index (κ3) is 6.11. The number of imide groups is 2. The van der Waals surface area contributed by atoms with Gasteiger partial charge < -0.3 is 0 Å². The summed E-state index contributed by atoms with van der Waals surface area (Å²) in [5, 5.41) is 4.04. The van der Waals surface area contributed by atoms with Gasteiger partial charge in [-0.25, -0.2) is 0 Å². The Labute approximate surface area is 111 Å². The van der Waals surface area contributed by atoms with Crippen molar-refractivity contribution in [2.45, 2.75) is 20.8 Å². The summed E-state index contributed by atoms with van der Waals surface area (Å²) in [4.78, 5) is 45.2. The fourth-order valence-electron chi connectivity index (χ4n) is 0.825. The van der Waals surface area contributed by atoms with Crippen molar-refractivity contribution in [2.75, 3.05) is 0 Å². The molecule has 4 amide bonds. The Bertz CT molecular complexity index is 501. The summed E-state index contributed by atoms with van der Waals surface area (Å²) in [7, 11) is 0. The van der Waals surface area contributed by atoms with E-state index in [1.807, 2.05) is 10.6 Å². The molecule has 0 aromatic rings. The van der Waals surface area contributed by atoms with Crippen LogP contribution in [-0.2, 0) is 19.2 Å². The minimum Gasteiger partial charge on any atom is -0.289 e. The van der Waals surface area contributed by atoms with Crippen LogP contribution in [0.4, 0.5) is 0 Å². The van der Waals surface area contributed by atoms with Crippen molar-refractivity contribution in [3.8, 4) is 0 Å². The molecule has 0 heterocycles. The lowest BCUT2D eigenvalue weighted by molar-refractivity contribution is -0.128. The molecule has 0 spiro atoms. The van der Waals surface area contributed by atoms with E-state index < -0.39 is 23.6 Å². The van der Waals surface area contributed by atoms with Gasteiger partial charge in [-0.3, -0.25) is 29.8 Å². The van der Waals surface area contributed by atoms with Crippen LogP contribution in [0.25, 0.3) is 0 Å². The van der Waals surface area contributed by atoms with E-state index >= 15 is 0 Å². The zero-order valence-corrected chi connectivity index (χ0v) is 11.1. The summed E-state index contributed by atoms with van der Waals surface area (Å²) in [6.07, 6.45) is 0.919. The van der Waals surface area contributed by atoms with Gasteiger partial charge in [-0.1, -0.05) is 13.2 Å². The maximum absolute atomic E-state index is 11.5. The Morgan fingerprint density at radius 1 is 0.789 bits per heavy atom. The molecule has 0 aliphatic rings. The molecule has 0 rings (SSSR count). The smallest absolute Gasteiger partial charge is 0.253 e. The minimum atomic E-state index is -0.761. The highest BCUT2D eigenvalue weighted by atomic mass is 16.2. The average Bonchev–Trinajstić information content (AvgIpc) is 2.27. The van der Waals surface area contributed by atoms with Crippen LogP contribution in [0.3, 0.4) is 0 Å². The first-order valence-electron chi connectivity index (χ1n) is 5.35. The van der Waals surface area contributed by atoms with E-state index in [9.17, 15) is 19.2 Å². The molecule has 0 aromatic heterocycles. The first-order chi connectivity index (χ1) is 8.65. The van der Waals surface area contributed by atoms with Gasteiger partial charge in [-0.2, -0.15) is 0 Å². The second-order valence-electron chi connectivity index (χ2n) is 3.99. The van der Waals surface area contributed by atoms with E-state index in [1.54, 1.807) is 0 Å². The Hall–Kier alpha value is -2.50. The Morgan fingerprint density at radius 3 is 1.63 bits per heavy atom. The van der Waals surface area contributed by atoms with Crippen molar-refractivity contribution in [1.82, 2.24) is 10.6 Å². The van der Waals surface area contributed by atoms with Crippen LogP contribution in [0.2, 0.25) is 0 Å². The third-order valence-corrected chi connectivity index (χ3v) is 1.94. The molecule has 0 aliphatic heterocycles. The number of hydrogen-bond acceptors (Lipinski definition) is 4. The molecule has 0 atom stereocenters. The standard InChI is InChI=1S/C13H16N2O4/c1-7(2)11(17)14-10(16)6-9(5)13(19)15-12(18)8(3)4/h6H,1,3H2,2,4-5H3,(H,14,16,17)(H,15,18,19). The molecular weight excluding hydrogens is 248 g/mol. The van der Waals surface area contributed by atoms with Crippen LogP contribution in [0.1, 0.15) is 20.8 Å². The van der Waals surface area contributed by atoms with Gasteiger partial charge in [0.15, 0.2) is 0 Å². The Morgan fingerprint density at radius 2 is 1.21 bits per heavy atom. The largest absolute Gasteiger partial charge is 0.289 e. The lowest BCUT2D eigenvalue weighted by Gasteiger charge is -2.04. The molecule has 0 aliphatic carbocycles. The number of hydrogen-bond donors (Lipinski definition) is 2. The molecule has 0 fully saturated rings. The summed E-state index contributed by atoms with van der Waals surface area (Å²) in [6, 6.07) is 0. The van der Waals surface area contributed by atoms with E-state index in [0.29, 0.717) is 0 Å². The van der Waals surface area contributed by atoms with Crippen LogP contribution >= 0.6 is 0 Å². The first kappa shape index (κ1) is 16.5. The first-order valence-corrected chi connectivity index (χ1v) is 5.35. The topological polar surface area (TPSA) is 92.3 Å². The third-order valence-electron chi connectivity index (χ3n) is 1.94. The molecule has 6 nitrogen and oxygen atoms in total. The van der Waals surface area contributed by atoms with Gasteiger partial charge in [0, 0.05) is 22.8 Å². The number of rotatable bonds is 4. The van der Waals surface area contributed by atoms with E-state index in [-0.39, 0.29) is 16.7 Å². The summed E-state index contributed by atoms with van der Waals surface area (Å²) >= 11 is 0. The van der Waals surface area contributed by atoms with Gasteiger partial charge >= 0.3 is 0 Å². The molecule has 19 heavy (non-hydrogen) atoms. The van der Waals surface area contributed by atoms with Crippen molar-refractivity contribution in [3.63, 3.8) is 0 Å². The van der Waals surface area contributed by atoms with Gasteiger partial charge in [-0.05, 0) is 20.8 Å². The highest BCUT2D eigenvalue weighted by Gasteiger charge is 2.12. The maximum Gasteiger partial charge on any atom is 0.253 e. The zero-order chi connectivity index (χ0) is 15.2. The average molecular weight is 264 g/mol. The van der Waals surface area contributed by atoms with Gasteiger partial charge in [0.05, 0.1) is 0 Å². The molecule has 0 unspecified atom stereocenters. The van der Waals surface area contributed by atoms with Gasteiger partial charge in [0.2, 0.25) is 0 Å². The lowest BCUT2D eigenvalue weighted by Crippen LogP contribution is -2.33. The maximum atomic E-state index is 11.5. The van der Waals surface area contributed by atoms with Crippen molar-refractivity contribution in [1.29, 1.82) is 0 Å². The minimum absolute atomic E-state index is 0.0124.